The summed E-state index contributed by atoms with van der Waals surface area (Å²) in [5.41, 5.74) is 5.94. The van der Waals surface area contributed by atoms with Crippen molar-refractivity contribution in [2.75, 3.05) is 13.1 Å². The number of nitrogens with zero attached hydrogens (tertiary/aromatic N) is 1. The number of likely N-dealkylation sites (tertiary alicyclic amines) is 1. The third-order valence-electron chi connectivity index (χ3n) is 4.01. The van der Waals surface area contributed by atoms with Crippen LogP contribution in [0.1, 0.15) is 39.0 Å². The summed E-state index contributed by atoms with van der Waals surface area (Å²) in [6.45, 7) is 3.89. The van der Waals surface area contributed by atoms with Gasteiger partial charge in [0.05, 0.1) is 0 Å². The lowest BCUT2D eigenvalue weighted by Crippen LogP contribution is -2.48. The first-order valence-corrected chi connectivity index (χ1v) is 6.20. The van der Waals surface area contributed by atoms with Gasteiger partial charge in [0.15, 0.2) is 0 Å². The molecule has 1 saturated carbocycles. The molecule has 0 spiro atoms. The Bertz CT molecular complexity index is 238. The average Bonchev–Trinajstić information content (AvgIpc) is 2.15. The van der Waals surface area contributed by atoms with Gasteiger partial charge in [-0.2, -0.15) is 0 Å². The topological polar surface area (TPSA) is 46.3 Å². The van der Waals surface area contributed by atoms with Crippen molar-refractivity contribution in [1.82, 2.24) is 4.90 Å². The highest BCUT2D eigenvalue weighted by atomic mass is 16.2. The van der Waals surface area contributed by atoms with Crippen LogP contribution in [0.5, 0.6) is 0 Å². The Labute approximate surface area is 92.0 Å². The van der Waals surface area contributed by atoms with E-state index in [0.29, 0.717) is 17.7 Å². The standard InChI is InChI=1S/C12H22N2O/c1-9-8-14(6-5-11(9)13)12(15)7-10-3-2-4-10/h9-11H,2-8,13H2,1H3. The van der Waals surface area contributed by atoms with Crippen molar-refractivity contribution < 1.29 is 4.79 Å². The summed E-state index contributed by atoms with van der Waals surface area (Å²) in [5, 5.41) is 0. The highest BCUT2D eigenvalue weighted by Crippen LogP contribution is 2.30. The molecule has 1 aliphatic carbocycles. The van der Waals surface area contributed by atoms with Crippen LogP contribution in [0.2, 0.25) is 0 Å². The van der Waals surface area contributed by atoms with Crippen molar-refractivity contribution in [3.63, 3.8) is 0 Å². The molecule has 1 saturated heterocycles. The second-order valence-corrected chi connectivity index (χ2v) is 5.27. The molecule has 1 aliphatic heterocycles. The van der Waals surface area contributed by atoms with E-state index < -0.39 is 0 Å². The Morgan fingerprint density at radius 2 is 2.13 bits per heavy atom. The molecule has 15 heavy (non-hydrogen) atoms. The summed E-state index contributed by atoms with van der Waals surface area (Å²) in [4.78, 5) is 14.0. The average molecular weight is 210 g/mol. The molecule has 0 aromatic heterocycles. The van der Waals surface area contributed by atoms with E-state index in [1.54, 1.807) is 0 Å². The molecule has 2 atom stereocenters. The van der Waals surface area contributed by atoms with E-state index in [9.17, 15) is 4.79 Å². The van der Waals surface area contributed by atoms with E-state index in [4.69, 9.17) is 5.73 Å². The first-order chi connectivity index (χ1) is 7.16. The van der Waals surface area contributed by atoms with Crippen LogP contribution in [0.3, 0.4) is 0 Å². The number of rotatable bonds is 2. The van der Waals surface area contributed by atoms with Crippen LogP contribution < -0.4 is 5.73 Å². The van der Waals surface area contributed by atoms with Crippen molar-refractivity contribution in [1.29, 1.82) is 0 Å². The molecule has 2 rings (SSSR count). The maximum Gasteiger partial charge on any atom is 0.222 e. The number of hydrogen-bond acceptors (Lipinski definition) is 2. The van der Waals surface area contributed by atoms with Crippen molar-refractivity contribution in [2.24, 2.45) is 17.6 Å². The van der Waals surface area contributed by atoms with E-state index in [0.717, 1.165) is 25.9 Å². The third kappa shape index (κ3) is 2.51. The molecule has 3 nitrogen and oxygen atoms in total. The minimum Gasteiger partial charge on any atom is -0.342 e. The van der Waals surface area contributed by atoms with Gasteiger partial charge < -0.3 is 10.6 Å². The zero-order valence-corrected chi connectivity index (χ0v) is 9.61. The van der Waals surface area contributed by atoms with Gasteiger partial charge in [-0.3, -0.25) is 4.79 Å². The maximum absolute atomic E-state index is 11.9. The third-order valence-corrected chi connectivity index (χ3v) is 4.01. The molecule has 2 aliphatic rings. The lowest BCUT2D eigenvalue weighted by Gasteiger charge is -2.36. The van der Waals surface area contributed by atoms with Crippen LogP contribution in [0.25, 0.3) is 0 Å². The van der Waals surface area contributed by atoms with Crippen LogP contribution in [0, 0.1) is 11.8 Å². The van der Waals surface area contributed by atoms with Crippen molar-refractivity contribution in [2.45, 2.75) is 45.1 Å². The molecule has 1 heterocycles. The van der Waals surface area contributed by atoms with Gasteiger partial charge in [-0.15, -0.1) is 0 Å². The van der Waals surface area contributed by atoms with Gasteiger partial charge in [0.1, 0.15) is 0 Å². The highest BCUT2D eigenvalue weighted by Gasteiger charge is 2.28. The van der Waals surface area contributed by atoms with Crippen LogP contribution in [0.4, 0.5) is 0 Å². The van der Waals surface area contributed by atoms with Crippen molar-refractivity contribution in [3.05, 3.63) is 0 Å². The largest absolute Gasteiger partial charge is 0.342 e. The van der Waals surface area contributed by atoms with Crippen LogP contribution >= 0.6 is 0 Å². The summed E-state index contributed by atoms with van der Waals surface area (Å²) < 4.78 is 0. The zero-order chi connectivity index (χ0) is 10.8. The Kier molecular flexibility index (Phi) is 3.29. The molecular formula is C12H22N2O. The van der Waals surface area contributed by atoms with Gasteiger partial charge in [-0.05, 0) is 31.1 Å². The van der Waals surface area contributed by atoms with Gasteiger partial charge in [0.25, 0.3) is 0 Å². The smallest absolute Gasteiger partial charge is 0.222 e. The quantitative estimate of drug-likeness (QED) is 0.748. The van der Waals surface area contributed by atoms with Gasteiger partial charge in [0.2, 0.25) is 5.91 Å². The van der Waals surface area contributed by atoms with Crippen molar-refractivity contribution in [3.8, 4) is 0 Å². The van der Waals surface area contributed by atoms with Crippen LogP contribution in [-0.4, -0.2) is 29.9 Å². The summed E-state index contributed by atoms with van der Waals surface area (Å²) in [7, 11) is 0. The molecule has 0 radical (unpaired) electrons. The molecule has 3 heteroatoms. The molecular weight excluding hydrogens is 188 g/mol. The molecule has 2 fully saturated rings. The Balaban J connectivity index is 1.79. The number of hydrogen-bond donors (Lipinski definition) is 1. The van der Waals surface area contributed by atoms with E-state index in [2.05, 4.69) is 6.92 Å². The minimum absolute atomic E-state index is 0.290. The fraction of sp³-hybridized carbons (Fsp3) is 0.917. The van der Waals surface area contributed by atoms with Gasteiger partial charge in [-0.25, -0.2) is 0 Å². The van der Waals surface area contributed by atoms with Crippen LogP contribution in [0.15, 0.2) is 0 Å². The molecule has 1 amide bonds. The number of carbonyl (C=O) groups is 1. The SMILES string of the molecule is CC1CN(C(=O)CC2CCC2)CCC1N. The second-order valence-electron chi connectivity index (χ2n) is 5.27. The molecule has 0 aromatic rings. The lowest BCUT2D eigenvalue weighted by molar-refractivity contribution is -0.134. The van der Waals surface area contributed by atoms with Crippen LogP contribution in [-0.2, 0) is 4.79 Å². The number of amides is 1. The normalized spacial score (nSPS) is 32.5. The van der Waals surface area contributed by atoms with Gasteiger partial charge >= 0.3 is 0 Å². The first-order valence-electron chi connectivity index (χ1n) is 6.20. The Morgan fingerprint density at radius 3 is 2.67 bits per heavy atom. The first kappa shape index (κ1) is 10.9. The summed E-state index contributed by atoms with van der Waals surface area (Å²) in [5.74, 6) is 1.51. The maximum atomic E-state index is 11.9. The number of carbonyl (C=O) groups excluding carboxylic acids is 1. The summed E-state index contributed by atoms with van der Waals surface area (Å²) in [6.07, 6.45) is 5.59. The molecule has 2 N–H and O–H groups in total. The molecule has 0 bridgehead atoms. The van der Waals surface area contributed by atoms with E-state index in [-0.39, 0.29) is 6.04 Å². The minimum atomic E-state index is 0.290. The lowest BCUT2D eigenvalue weighted by atomic mass is 9.82. The van der Waals surface area contributed by atoms with Gasteiger partial charge in [0, 0.05) is 25.6 Å². The number of piperidine rings is 1. The van der Waals surface area contributed by atoms with Crippen molar-refractivity contribution >= 4 is 5.91 Å². The van der Waals surface area contributed by atoms with Gasteiger partial charge in [-0.1, -0.05) is 13.3 Å². The molecule has 86 valence electrons. The van der Waals surface area contributed by atoms with E-state index >= 15 is 0 Å². The zero-order valence-electron chi connectivity index (χ0n) is 9.61. The monoisotopic (exact) mass is 210 g/mol. The Morgan fingerprint density at radius 1 is 1.40 bits per heavy atom. The fourth-order valence-electron chi connectivity index (χ4n) is 2.46. The summed E-state index contributed by atoms with van der Waals surface area (Å²) >= 11 is 0. The summed E-state index contributed by atoms with van der Waals surface area (Å²) in [6, 6.07) is 0.290. The molecule has 2 unspecified atom stereocenters. The predicted octanol–water partition coefficient (Wildman–Crippen LogP) is 1.37. The second kappa shape index (κ2) is 4.52. The fourth-order valence-corrected chi connectivity index (χ4v) is 2.46. The van der Waals surface area contributed by atoms with E-state index in [1.807, 2.05) is 4.90 Å². The highest BCUT2D eigenvalue weighted by molar-refractivity contribution is 5.76. The Hall–Kier alpha value is -0.570. The van der Waals surface area contributed by atoms with E-state index in [1.165, 1.54) is 19.3 Å². The molecule has 0 aromatic carbocycles. The number of nitrogens with two attached hydrogens (primary N) is 1. The predicted molar refractivity (Wildman–Crippen MR) is 60.3 cm³/mol.